The highest BCUT2D eigenvalue weighted by Crippen LogP contribution is 2.42. The topological polar surface area (TPSA) is 77.8 Å². The van der Waals surface area contributed by atoms with Crippen molar-refractivity contribution in [3.8, 4) is 22.8 Å². The molecular formula is C19H17ClF3NO5. The molecule has 29 heavy (non-hydrogen) atoms. The minimum absolute atomic E-state index is 0.00336. The zero-order valence-electron chi connectivity index (χ0n) is 15.4. The summed E-state index contributed by atoms with van der Waals surface area (Å²) < 4.78 is 49.6. The number of ether oxygens (including phenoxy) is 2. The normalized spacial score (nSPS) is 15.9. The van der Waals surface area contributed by atoms with Crippen molar-refractivity contribution in [1.82, 2.24) is 4.57 Å². The van der Waals surface area contributed by atoms with Crippen molar-refractivity contribution in [3.63, 3.8) is 0 Å². The maximum absolute atomic E-state index is 12.5. The Morgan fingerprint density at radius 2 is 2.07 bits per heavy atom. The summed E-state index contributed by atoms with van der Waals surface area (Å²) in [5, 5.41) is 9.19. The van der Waals surface area contributed by atoms with E-state index in [0.29, 0.717) is 11.3 Å². The molecule has 1 aromatic carbocycles. The molecule has 2 aromatic rings. The minimum Gasteiger partial charge on any atom is -0.491 e. The van der Waals surface area contributed by atoms with Crippen LogP contribution >= 0.6 is 11.6 Å². The molecule has 156 valence electrons. The van der Waals surface area contributed by atoms with Gasteiger partial charge < -0.3 is 19.1 Å². The Hall–Kier alpha value is -2.68. The van der Waals surface area contributed by atoms with Gasteiger partial charge in [0.1, 0.15) is 23.7 Å². The SMILES string of the molecule is CC(C)[C@@H]1COc2cc(OCC(F)(F)F)c(Cl)cc2-c2cc(=O)c(C(=O)O)cn21. The van der Waals surface area contributed by atoms with Gasteiger partial charge in [-0.15, -0.1) is 0 Å². The predicted molar refractivity (Wildman–Crippen MR) is 99.0 cm³/mol. The van der Waals surface area contributed by atoms with Crippen LogP contribution < -0.4 is 14.9 Å². The summed E-state index contributed by atoms with van der Waals surface area (Å²) in [4.78, 5) is 23.7. The van der Waals surface area contributed by atoms with Crippen molar-refractivity contribution in [2.24, 2.45) is 5.92 Å². The Bertz CT molecular complexity index is 1020. The Labute approximate surface area is 168 Å². The van der Waals surface area contributed by atoms with Gasteiger partial charge in [-0.25, -0.2) is 4.79 Å². The Balaban J connectivity index is 2.17. The lowest BCUT2D eigenvalue weighted by Crippen LogP contribution is -2.25. The van der Waals surface area contributed by atoms with E-state index in [2.05, 4.69) is 0 Å². The monoisotopic (exact) mass is 431 g/mol. The maximum Gasteiger partial charge on any atom is 0.422 e. The second kappa shape index (κ2) is 7.62. The number of alkyl halides is 3. The van der Waals surface area contributed by atoms with Gasteiger partial charge in [0.25, 0.3) is 0 Å². The number of aromatic nitrogens is 1. The van der Waals surface area contributed by atoms with E-state index in [1.54, 1.807) is 4.57 Å². The number of rotatable bonds is 4. The van der Waals surface area contributed by atoms with Crippen LogP contribution in [0.15, 0.2) is 29.2 Å². The third-order valence-electron chi connectivity index (χ3n) is 4.55. The third-order valence-corrected chi connectivity index (χ3v) is 4.84. The average molecular weight is 432 g/mol. The van der Waals surface area contributed by atoms with Crippen molar-refractivity contribution >= 4 is 17.6 Å². The maximum atomic E-state index is 12.5. The summed E-state index contributed by atoms with van der Waals surface area (Å²) in [5.41, 5.74) is -0.381. The van der Waals surface area contributed by atoms with E-state index in [4.69, 9.17) is 21.1 Å². The van der Waals surface area contributed by atoms with E-state index in [-0.39, 0.29) is 40.7 Å². The highest BCUT2D eigenvalue weighted by atomic mass is 35.5. The average Bonchev–Trinajstić information content (AvgIpc) is 2.75. The smallest absolute Gasteiger partial charge is 0.422 e. The Kier molecular flexibility index (Phi) is 5.53. The first-order valence-corrected chi connectivity index (χ1v) is 9.01. The minimum atomic E-state index is -4.53. The summed E-state index contributed by atoms with van der Waals surface area (Å²) in [6.07, 6.45) is -3.28. The number of benzene rings is 1. The Morgan fingerprint density at radius 1 is 1.38 bits per heavy atom. The van der Waals surface area contributed by atoms with Gasteiger partial charge in [0, 0.05) is 23.9 Å². The Morgan fingerprint density at radius 3 is 2.66 bits per heavy atom. The van der Waals surface area contributed by atoms with Crippen molar-refractivity contribution in [1.29, 1.82) is 0 Å². The highest BCUT2D eigenvalue weighted by Gasteiger charge is 2.31. The lowest BCUT2D eigenvalue weighted by atomic mass is 10.0. The highest BCUT2D eigenvalue weighted by molar-refractivity contribution is 6.32. The van der Waals surface area contributed by atoms with Crippen LogP contribution in [0, 0.1) is 5.92 Å². The molecular weight excluding hydrogens is 415 g/mol. The molecule has 3 rings (SSSR count). The number of nitrogens with zero attached hydrogens (tertiary/aromatic N) is 1. The molecule has 2 heterocycles. The van der Waals surface area contributed by atoms with Gasteiger partial charge in [0.2, 0.25) is 0 Å². The molecule has 1 aromatic heterocycles. The van der Waals surface area contributed by atoms with E-state index < -0.39 is 24.2 Å². The molecule has 1 aliphatic heterocycles. The molecule has 0 fully saturated rings. The van der Waals surface area contributed by atoms with Crippen LogP contribution in [0.1, 0.15) is 30.2 Å². The summed E-state index contributed by atoms with van der Waals surface area (Å²) >= 11 is 6.10. The molecule has 0 amide bonds. The van der Waals surface area contributed by atoms with Crippen LogP contribution in [0.4, 0.5) is 13.2 Å². The van der Waals surface area contributed by atoms with Crippen LogP contribution in [0.25, 0.3) is 11.3 Å². The number of hydrogen-bond acceptors (Lipinski definition) is 4. The first-order valence-electron chi connectivity index (χ1n) is 8.63. The van der Waals surface area contributed by atoms with Crippen LogP contribution in [0.2, 0.25) is 5.02 Å². The number of pyridine rings is 1. The number of halogens is 4. The van der Waals surface area contributed by atoms with Crippen LogP contribution in [0.3, 0.4) is 0 Å². The fraction of sp³-hybridized carbons (Fsp3) is 0.368. The van der Waals surface area contributed by atoms with Crippen molar-refractivity contribution < 1.29 is 32.5 Å². The molecule has 0 unspecified atom stereocenters. The second-order valence-electron chi connectivity index (χ2n) is 6.95. The summed E-state index contributed by atoms with van der Waals surface area (Å²) in [6.45, 7) is 2.40. The van der Waals surface area contributed by atoms with Crippen LogP contribution in [0.5, 0.6) is 11.5 Å². The number of carbonyl (C=O) groups is 1. The standard InChI is InChI=1S/C19H17ClF3NO5/c1-9(2)14-7-28-16-5-17(29-8-19(21,22)23)12(20)3-10(16)13-4-15(25)11(18(26)27)6-24(13)14/h3-6,9,14H,7-8H2,1-2H3,(H,26,27)/t14-/m0/s1. The predicted octanol–water partition coefficient (Wildman–Crippen LogP) is 4.40. The quantitative estimate of drug-likeness (QED) is 0.776. The number of carboxylic acid groups (broad SMARTS) is 1. The summed E-state index contributed by atoms with van der Waals surface area (Å²) in [6, 6.07) is 3.43. The second-order valence-corrected chi connectivity index (χ2v) is 7.36. The fourth-order valence-corrected chi connectivity index (χ4v) is 3.31. The third kappa shape index (κ3) is 4.34. The van der Waals surface area contributed by atoms with E-state index >= 15 is 0 Å². The molecule has 0 aliphatic carbocycles. The molecule has 1 N–H and O–H groups in total. The van der Waals surface area contributed by atoms with Crippen molar-refractivity contribution in [3.05, 3.63) is 45.2 Å². The number of carboxylic acids is 1. The van der Waals surface area contributed by atoms with E-state index in [1.807, 2.05) is 13.8 Å². The van der Waals surface area contributed by atoms with Crippen molar-refractivity contribution in [2.45, 2.75) is 26.1 Å². The fourth-order valence-electron chi connectivity index (χ4n) is 3.09. The van der Waals surface area contributed by atoms with Crippen LogP contribution in [-0.2, 0) is 0 Å². The lowest BCUT2D eigenvalue weighted by Gasteiger charge is -2.24. The molecule has 0 saturated heterocycles. The zero-order valence-corrected chi connectivity index (χ0v) is 16.2. The van der Waals surface area contributed by atoms with Crippen LogP contribution in [-0.4, -0.2) is 35.0 Å². The zero-order chi connectivity index (χ0) is 21.5. The molecule has 10 heteroatoms. The number of aromatic carboxylic acids is 1. The molecule has 1 aliphatic rings. The first kappa shape index (κ1) is 21.0. The number of fused-ring (bicyclic) bond motifs is 3. The number of hydrogen-bond donors (Lipinski definition) is 1. The molecule has 6 nitrogen and oxygen atoms in total. The van der Waals surface area contributed by atoms with Crippen molar-refractivity contribution in [2.75, 3.05) is 13.2 Å². The lowest BCUT2D eigenvalue weighted by molar-refractivity contribution is -0.153. The van der Waals surface area contributed by atoms with Gasteiger partial charge >= 0.3 is 12.1 Å². The van der Waals surface area contributed by atoms with E-state index in [9.17, 15) is 27.9 Å². The van der Waals surface area contributed by atoms with Gasteiger partial charge in [-0.2, -0.15) is 13.2 Å². The van der Waals surface area contributed by atoms with E-state index in [0.717, 1.165) is 0 Å². The van der Waals surface area contributed by atoms with E-state index in [1.165, 1.54) is 24.4 Å². The van der Waals surface area contributed by atoms with Gasteiger partial charge in [-0.05, 0) is 12.0 Å². The van der Waals surface area contributed by atoms with Gasteiger partial charge in [-0.3, -0.25) is 4.79 Å². The molecule has 0 spiro atoms. The van der Waals surface area contributed by atoms with Gasteiger partial charge in [0.05, 0.1) is 16.8 Å². The molecule has 1 atom stereocenters. The largest absolute Gasteiger partial charge is 0.491 e. The summed E-state index contributed by atoms with van der Waals surface area (Å²) in [7, 11) is 0. The van der Waals surface area contributed by atoms with Gasteiger partial charge in [-0.1, -0.05) is 25.4 Å². The van der Waals surface area contributed by atoms with Gasteiger partial charge in [0.15, 0.2) is 12.0 Å². The molecule has 0 bridgehead atoms. The molecule has 0 saturated carbocycles. The first-order chi connectivity index (χ1) is 13.5. The molecule has 0 radical (unpaired) electrons. The summed E-state index contributed by atoms with van der Waals surface area (Å²) in [5.74, 6) is -1.37.